The predicted molar refractivity (Wildman–Crippen MR) is 77.6 cm³/mol. The molecule has 0 aromatic carbocycles. The maximum absolute atomic E-state index is 11.4. The van der Waals surface area contributed by atoms with Crippen molar-refractivity contribution in [2.45, 2.75) is 13.5 Å². The second-order valence-electron chi connectivity index (χ2n) is 4.25. The summed E-state index contributed by atoms with van der Waals surface area (Å²) in [5.74, 6) is 0.512. The van der Waals surface area contributed by atoms with E-state index in [1.165, 1.54) is 0 Å². The highest BCUT2D eigenvalue weighted by Gasteiger charge is 2.11. The van der Waals surface area contributed by atoms with Gasteiger partial charge in [-0.05, 0) is 6.92 Å². The maximum Gasteiger partial charge on any atom is 0.239 e. The monoisotopic (exact) mass is 281 g/mol. The minimum Gasteiger partial charge on any atom is -0.383 e. The number of amides is 1. The first-order valence-electron chi connectivity index (χ1n) is 6.67. The van der Waals surface area contributed by atoms with Crippen molar-refractivity contribution in [3.63, 3.8) is 0 Å². The molecule has 0 unspecified atom stereocenters. The molecule has 0 spiro atoms. The van der Waals surface area contributed by atoms with Gasteiger partial charge in [0.2, 0.25) is 11.9 Å². The van der Waals surface area contributed by atoms with E-state index < -0.39 is 0 Å². The van der Waals surface area contributed by atoms with Gasteiger partial charge in [0.1, 0.15) is 0 Å². The molecule has 1 amide bonds. The van der Waals surface area contributed by atoms with E-state index in [4.69, 9.17) is 4.74 Å². The number of nitrogens with one attached hydrogen (secondary N) is 2. The zero-order valence-corrected chi connectivity index (χ0v) is 12.3. The first-order valence-corrected chi connectivity index (χ1v) is 6.67. The molecule has 0 saturated carbocycles. The highest BCUT2D eigenvalue weighted by atomic mass is 16.5. The van der Waals surface area contributed by atoms with E-state index >= 15 is 0 Å². The summed E-state index contributed by atoms with van der Waals surface area (Å²) in [4.78, 5) is 21.8. The third kappa shape index (κ3) is 5.50. The molecule has 0 aliphatic rings. The lowest BCUT2D eigenvalue weighted by atomic mass is 10.3. The lowest BCUT2D eigenvalue weighted by Gasteiger charge is -2.19. The van der Waals surface area contributed by atoms with Crippen LogP contribution in [0.15, 0.2) is 12.4 Å². The molecule has 0 aliphatic carbocycles. The summed E-state index contributed by atoms with van der Waals surface area (Å²) in [5.41, 5.74) is 1.00. The van der Waals surface area contributed by atoms with Crippen molar-refractivity contribution in [2.24, 2.45) is 0 Å². The van der Waals surface area contributed by atoms with Crippen molar-refractivity contribution in [2.75, 3.05) is 45.3 Å². The van der Waals surface area contributed by atoms with Crippen molar-refractivity contribution in [1.82, 2.24) is 20.6 Å². The summed E-state index contributed by atoms with van der Waals surface area (Å²) < 4.78 is 4.95. The molecule has 20 heavy (non-hydrogen) atoms. The van der Waals surface area contributed by atoms with Gasteiger partial charge in [-0.3, -0.25) is 4.79 Å². The van der Waals surface area contributed by atoms with Gasteiger partial charge in [0.15, 0.2) is 0 Å². The average Bonchev–Trinajstić information content (AvgIpc) is 2.49. The van der Waals surface area contributed by atoms with Crippen LogP contribution in [0, 0.1) is 0 Å². The number of carbonyl (C=O) groups excluding carboxylic acids is 1. The molecule has 112 valence electrons. The first-order chi connectivity index (χ1) is 9.71. The molecule has 1 rings (SSSR count). The molecule has 1 aromatic rings. The Morgan fingerprint density at radius 2 is 2.10 bits per heavy atom. The lowest BCUT2D eigenvalue weighted by molar-refractivity contribution is -0.119. The van der Waals surface area contributed by atoms with Crippen LogP contribution in [0.25, 0.3) is 0 Å². The normalized spacial score (nSPS) is 10.3. The third-order valence-electron chi connectivity index (χ3n) is 2.78. The van der Waals surface area contributed by atoms with E-state index in [0.29, 0.717) is 25.6 Å². The molecule has 1 heterocycles. The number of likely N-dealkylation sites (N-methyl/N-ethyl adjacent to an activating group) is 2. The standard InChI is InChI=1S/C13H23N5O2/c1-4-18(10-12(19)14-2)13-16-8-11(9-17-13)7-15-5-6-20-3/h8-9,15H,4-7,10H2,1-3H3,(H,14,19). The smallest absolute Gasteiger partial charge is 0.239 e. The molecule has 0 fully saturated rings. The maximum atomic E-state index is 11.4. The van der Waals surface area contributed by atoms with Gasteiger partial charge < -0.3 is 20.3 Å². The number of methoxy groups -OCH3 is 1. The molecule has 0 radical (unpaired) electrons. The summed E-state index contributed by atoms with van der Waals surface area (Å²) in [6.45, 7) is 5.07. The summed E-state index contributed by atoms with van der Waals surface area (Å²) in [6.07, 6.45) is 3.54. The third-order valence-corrected chi connectivity index (χ3v) is 2.78. The fraction of sp³-hybridized carbons (Fsp3) is 0.615. The van der Waals surface area contributed by atoms with Gasteiger partial charge in [-0.2, -0.15) is 0 Å². The highest BCUT2D eigenvalue weighted by molar-refractivity contribution is 5.80. The van der Waals surface area contributed by atoms with E-state index in [1.54, 1.807) is 26.6 Å². The van der Waals surface area contributed by atoms with Gasteiger partial charge in [-0.15, -0.1) is 0 Å². The summed E-state index contributed by atoms with van der Waals surface area (Å²) >= 11 is 0. The van der Waals surface area contributed by atoms with E-state index in [0.717, 1.165) is 12.1 Å². The van der Waals surface area contributed by atoms with Crippen LogP contribution in [-0.4, -0.2) is 56.3 Å². The second kappa shape index (κ2) is 9.22. The minimum absolute atomic E-state index is 0.0549. The molecule has 0 aliphatic heterocycles. The fourth-order valence-corrected chi connectivity index (χ4v) is 1.59. The number of hydrogen-bond acceptors (Lipinski definition) is 6. The van der Waals surface area contributed by atoms with E-state index in [2.05, 4.69) is 20.6 Å². The number of anilines is 1. The zero-order valence-electron chi connectivity index (χ0n) is 12.3. The number of aromatic nitrogens is 2. The Labute approximate surface area is 119 Å². The van der Waals surface area contributed by atoms with Crippen LogP contribution in [-0.2, 0) is 16.1 Å². The quantitative estimate of drug-likeness (QED) is 0.610. The largest absolute Gasteiger partial charge is 0.383 e. The van der Waals surface area contributed by atoms with Crippen LogP contribution < -0.4 is 15.5 Å². The molecular formula is C13H23N5O2. The van der Waals surface area contributed by atoms with Crippen molar-refractivity contribution >= 4 is 11.9 Å². The topological polar surface area (TPSA) is 79.4 Å². The summed E-state index contributed by atoms with van der Waals surface area (Å²) in [6, 6.07) is 0. The number of ether oxygens (including phenoxy) is 1. The Hall–Kier alpha value is -1.73. The number of hydrogen-bond donors (Lipinski definition) is 2. The number of nitrogens with zero attached hydrogens (tertiary/aromatic N) is 3. The van der Waals surface area contributed by atoms with Gasteiger partial charge in [-0.1, -0.05) is 0 Å². The Morgan fingerprint density at radius 3 is 2.65 bits per heavy atom. The fourth-order valence-electron chi connectivity index (χ4n) is 1.59. The minimum atomic E-state index is -0.0549. The second-order valence-corrected chi connectivity index (χ2v) is 4.25. The zero-order chi connectivity index (χ0) is 14.8. The molecular weight excluding hydrogens is 258 g/mol. The molecule has 7 heteroatoms. The molecule has 0 saturated heterocycles. The van der Waals surface area contributed by atoms with Crippen molar-refractivity contribution < 1.29 is 9.53 Å². The Balaban J connectivity index is 2.53. The summed E-state index contributed by atoms with van der Waals surface area (Å²) in [5, 5.41) is 5.82. The summed E-state index contributed by atoms with van der Waals surface area (Å²) in [7, 11) is 3.29. The Kier molecular flexibility index (Phi) is 7.52. The lowest BCUT2D eigenvalue weighted by Crippen LogP contribution is -2.36. The molecule has 0 atom stereocenters. The number of carbonyl (C=O) groups is 1. The van der Waals surface area contributed by atoms with Crippen LogP contribution in [0.3, 0.4) is 0 Å². The highest BCUT2D eigenvalue weighted by Crippen LogP contribution is 2.06. The van der Waals surface area contributed by atoms with Crippen LogP contribution >= 0.6 is 0 Å². The van der Waals surface area contributed by atoms with Crippen LogP contribution in [0.4, 0.5) is 5.95 Å². The van der Waals surface area contributed by atoms with Crippen LogP contribution in [0.2, 0.25) is 0 Å². The van der Waals surface area contributed by atoms with Gasteiger partial charge in [0.05, 0.1) is 13.2 Å². The average molecular weight is 281 g/mol. The molecule has 7 nitrogen and oxygen atoms in total. The van der Waals surface area contributed by atoms with Gasteiger partial charge in [0.25, 0.3) is 0 Å². The predicted octanol–water partition coefficient (Wildman–Crippen LogP) is -0.215. The molecule has 2 N–H and O–H groups in total. The SMILES string of the molecule is CCN(CC(=O)NC)c1ncc(CNCCOC)cn1. The van der Waals surface area contributed by atoms with Crippen molar-refractivity contribution in [3.05, 3.63) is 18.0 Å². The van der Waals surface area contributed by atoms with Gasteiger partial charge in [-0.25, -0.2) is 9.97 Å². The Morgan fingerprint density at radius 1 is 1.40 bits per heavy atom. The van der Waals surface area contributed by atoms with Gasteiger partial charge in [0, 0.05) is 51.7 Å². The molecule has 1 aromatic heterocycles. The van der Waals surface area contributed by atoms with E-state index in [9.17, 15) is 4.79 Å². The van der Waals surface area contributed by atoms with Crippen LogP contribution in [0.1, 0.15) is 12.5 Å². The first kappa shape index (κ1) is 16.3. The van der Waals surface area contributed by atoms with E-state index in [1.807, 2.05) is 11.8 Å². The van der Waals surface area contributed by atoms with Crippen molar-refractivity contribution in [1.29, 1.82) is 0 Å². The number of rotatable bonds is 9. The van der Waals surface area contributed by atoms with Gasteiger partial charge >= 0.3 is 0 Å². The Bertz CT molecular complexity index is 396. The van der Waals surface area contributed by atoms with E-state index in [-0.39, 0.29) is 12.5 Å². The molecule has 0 bridgehead atoms. The van der Waals surface area contributed by atoms with Crippen molar-refractivity contribution in [3.8, 4) is 0 Å². The van der Waals surface area contributed by atoms with Crippen LogP contribution in [0.5, 0.6) is 0 Å².